The van der Waals surface area contributed by atoms with Crippen molar-refractivity contribution in [3.05, 3.63) is 64.9 Å². The standard InChI is InChI=1S/C20H23N3O2S/c1-2-4-18(5-3-1)25-19-8-11-26-20(19)13-23-9-6-17(7-10-23)24-14-16-12-21-15-22-16/h1-5,8,11-12,15,17H,6-7,9-10,13-14H2,(H,21,22). The molecule has 1 aliphatic heterocycles. The molecule has 1 fully saturated rings. The van der Waals surface area contributed by atoms with Crippen LogP contribution in [0.15, 0.2) is 54.3 Å². The maximum atomic E-state index is 6.04. The van der Waals surface area contributed by atoms with Gasteiger partial charge in [-0.3, -0.25) is 4.90 Å². The smallest absolute Gasteiger partial charge is 0.142 e. The van der Waals surface area contributed by atoms with Crippen molar-refractivity contribution in [2.45, 2.75) is 32.1 Å². The fourth-order valence-corrected chi connectivity index (χ4v) is 4.00. The van der Waals surface area contributed by atoms with E-state index in [-0.39, 0.29) is 0 Å². The molecular weight excluding hydrogens is 346 g/mol. The molecule has 1 aliphatic rings. The van der Waals surface area contributed by atoms with Gasteiger partial charge >= 0.3 is 0 Å². The van der Waals surface area contributed by atoms with Gasteiger partial charge < -0.3 is 14.5 Å². The van der Waals surface area contributed by atoms with Crippen LogP contribution in [0.1, 0.15) is 23.4 Å². The van der Waals surface area contributed by atoms with E-state index in [1.165, 1.54) is 4.88 Å². The van der Waals surface area contributed by atoms with Crippen LogP contribution in [0.2, 0.25) is 0 Å². The van der Waals surface area contributed by atoms with Crippen LogP contribution in [0.5, 0.6) is 11.5 Å². The van der Waals surface area contributed by atoms with Crippen molar-refractivity contribution >= 4 is 11.3 Å². The first-order valence-electron chi connectivity index (χ1n) is 8.98. The van der Waals surface area contributed by atoms with Gasteiger partial charge in [0.25, 0.3) is 0 Å². The number of piperidine rings is 1. The zero-order valence-electron chi connectivity index (χ0n) is 14.6. The average Bonchev–Trinajstić information content (AvgIpc) is 3.35. The Bertz CT molecular complexity index is 781. The van der Waals surface area contributed by atoms with Gasteiger partial charge in [-0.15, -0.1) is 11.3 Å². The Morgan fingerprint density at radius 1 is 1.15 bits per heavy atom. The van der Waals surface area contributed by atoms with Gasteiger partial charge in [-0.2, -0.15) is 0 Å². The molecule has 3 heterocycles. The number of H-pyrrole nitrogens is 1. The summed E-state index contributed by atoms with van der Waals surface area (Å²) in [6.45, 7) is 3.63. The SMILES string of the molecule is c1ccc(Oc2ccsc2CN2CCC(OCc3c[nH]cn3)CC2)cc1. The molecule has 1 saturated heterocycles. The van der Waals surface area contributed by atoms with Crippen LogP contribution in [0.25, 0.3) is 0 Å². The number of imidazole rings is 1. The number of nitrogens with zero attached hydrogens (tertiary/aromatic N) is 2. The monoisotopic (exact) mass is 369 g/mol. The number of para-hydroxylation sites is 1. The lowest BCUT2D eigenvalue weighted by atomic mass is 10.1. The number of thiophene rings is 1. The van der Waals surface area contributed by atoms with E-state index in [2.05, 4.69) is 26.3 Å². The number of hydrogen-bond donors (Lipinski definition) is 1. The minimum atomic E-state index is 0.325. The summed E-state index contributed by atoms with van der Waals surface area (Å²) in [6.07, 6.45) is 6.03. The summed E-state index contributed by atoms with van der Waals surface area (Å²) >= 11 is 1.76. The third-order valence-electron chi connectivity index (χ3n) is 4.60. The van der Waals surface area contributed by atoms with E-state index in [4.69, 9.17) is 9.47 Å². The van der Waals surface area contributed by atoms with Gasteiger partial charge in [0.1, 0.15) is 11.5 Å². The Kier molecular flexibility index (Phi) is 5.64. The minimum Gasteiger partial charge on any atom is -0.456 e. The quantitative estimate of drug-likeness (QED) is 0.669. The highest BCUT2D eigenvalue weighted by Crippen LogP contribution is 2.31. The van der Waals surface area contributed by atoms with Gasteiger partial charge in [-0.25, -0.2) is 4.98 Å². The number of ether oxygens (including phenoxy) is 2. The first-order valence-corrected chi connectivity index (χ1v) is 9.85. The van der Waals surface area contributed by atoms with Crippen molar-refractivity contribution in [3.63, 3.8) is 0 Å². The molecule has 0 amide bonds. The van der Waals surface area contributed by atoms with Crippen LogP contribution >= 0.6 is 11.3 Å². The molecule has 3 aromatic rings. The highest BCUT2D eigenvalue weighted by Gasteiger charge is 2.21. The molecule has 4 rings (SSSR count). The third kappa shape index (κ3) is 4.52. The minimum absolute atomic E-state index is 0.325. The molecule has 0 saturated carbocycles. The Labute approximate surface area is 157 Å². The van der Waals surface area contributed by atoms with Gasteiger partial charge in [-0.1, -0.05) is 18.2 Å². The van der Waals surface area contributed by atoms with Crippen LogP contribution in [-0.4, -0.2) is 34.1 Å². The van der Waals surface area contributed by atoms with Gasteiger partial charge in [0.2, 0.25) is 0 Å². The van der Waals surface area contributed by atoms with Gasteiger partial charge in [-0.05, 0) is 36.4 Å². The Morgan fingerprint density at radius 3 is 2.77 bits per heavy atom. The molecule has 0 aliphatic carbocycles. The largest absolute Gasteiger partial charge is 0.456 e. The number of nitrogens with one attached hydrogen (secondary N) is 1. The molecule has 6 heteroatoms. The molecule has 0 spiro atoms. The summed E-state index contributed by atoms with van der Waals surface area (Å²) in [5.41, 5.74) is 0.966. The van der Waals surface area contributed by atoms with Crippen LogP contribution in [0.4, 0.5) is 0 Å². The predicted molar refractivity (Wildman–Crippen MR) is 103 cm³/mol. The van der Waals surface area contributed by atoms with Crippen molar-refractivity contribution in [2.75, 3.05) is 13.1 Å². The van der Waals surface area contributed by atoms with E-state index < -0.39 is 0 Å². The summed E-state index contributed by atoms with van der Waals surface area (Å²) in [4.78, 5) is 10.9. The van der Waals surface area contributed by atoms with Crippen molar-refractivity contribution in [1.29, 1.82) is 0 Å². The topological polar surface area (TPSA) is 50.4 Å². The first kappa shape index (κ1) is 17.3. The lowest BCUT2D eigenvalue weighted by molar-refractivity contribution is -0.00500. The maximum Gasteiger partial charge on any atom is 0.142 e. The van der Waals surface area contributed by atoms with Crippen LogP contribution in [0.3, 0.4) is 0 Å². The predicted octanol–water partition coefficient (Wildman–Crippen LogP) is 4.44. The average molecular weight is 369 g/mol. The second-order valence-electron chi connectivity index (χ2n) is 6.47. The molecule has 2 aromatic heterocycles. The zero-order chi connectivity index (χ0) is 17.6. The summed E-state index contributed by atoms with van der Waals surface area (Å²) in [5.74, 6) is 1.86. The molecule has 1 N–H and O–H groups in total. The van der Waals surface area contributed by atoms with Crippen molar-refractivity contribution in [3.8, 4) is 11.5 Å². The van der Waals surface area contributed by atoms with E-state index in [1.54, 1.807) is 17.7 Å². The maximum absolute atomic E-state index is 6.04. The highest BCUT2D eigenvalue weighted by molar-refractivity contribution is 7.10. The van der Waals surface area contributed by atoms with Crippen molar-refractivity contribution < 1.29 is 9.47 Å². The summed E-state index contributed by atoms with van der Waals surface area (Å²) < 4.78 is 12.0. The molecule has 0 radical (unpaired) electrons. The fourth-order valence-electron chi connectivity index (χ4n) is 3.16. The van der Waals surface area contributed by atoms with Crippen LogP contribution in [0, 0.1) is 0 Å². The molecule has 1 aromatic carbocycles. The van der Waals surface area contributed by atoms with Gasteiger partial charge in [0.05, 0.1) is 29.6 Å². The first-order chi connectivity index (χ1) is 12.9. The number of benzene rings is 1. The normalized spacial score (nSPS) is 16.0. The molecule has 0 bridgehead atoms. The van der Waals surface area contributed by atoms with E-state index in [0.29, 0.717) is 12.7 Å². The highest BCUT2D eigenvalue weighted by atomic mass is 32.1. The van der Waals surface area contributed by atoms with E-state index in [0.717, 1.165) is 49.7 Å². The number of likely N-dealkylation sites (tertiary alicyclic amines) is 1. The third-order valence-corrected chi connectivity index (χ3v) is 5.49. The molecular formula is C20H23N3O2S. The second-order valence-corrected chi connectivity index (χ2v) is 7.47. The molecule has 5 nitrogen and oxygen atoms in total. The van der Waals surface area contributed by atoms with E-state index >= 15 is 0 Å². The molecule has 136 valence electrons. The summed E-state index contributed by atoms with van der Waals surface area (Å²) in [6, 6.07) is 12.0. The molecule has 26 heavy (non-hydrogen) atoms. The van der Waals surface area contributed by atoms with Crippen molar-refractivity contribution in [1.82, 2.24) is 14.9 Å². The summed E-state index contributed by atoms with van der Waals surface area (Å²) in [5, 5.41) is 2.10. The Hall–Kier alpha value is -2.15. The van der Waals surface area contributed by atoms with E-state index in [1.807, 2.05) is 36.5 Å². The van der Waals surface area contributed by atoms with Crippen LogP contribution < -0.4 is 4.74 Å². The van der Waals surface area contributed by atoms with E-state index in [9.17, 15) is 0 Å². The zero-order valence-corrected chi connectivity index (χ0v) is 15.5. The second kappa shape index (κ2) is 8.49. The van der Waals surface area contributed by atoms with Gasteiger partial charge in [0, 0.05) is 25.8 Å². The van der Waals surface area contributed by atoms with Crippen LogP contribution in [-0.2, 0) is 17.9 Å². The van der Waals surface area contributed by atoms with Gasteiger partial charge in [0.15, 0.2) is 0 Å². The Morgan fingerprint density at radius 2 is 2.00 bits per heavy atom. The number of aromatic nitrogens is 2. The lowest BCUT2D eigenvalue weighted by Crippen LogP contribution is -2.36. The number of hydrogen-bond acceptors (Lipinski definition) is 5. The lowest BCUT2D eigenvalue weighted by Gasteiger charge is -2.31. The number of rotatable bonds is 7. The fraction of sp³-hybridized carbons (Fsp3) is 0.350. The molecule has 0 atom stereocenters. The number of aromatic amines is 1. The Balaban J connectivity index is 1.26. The summed E-state index contributed by atoms with van der Waals surface area (Å²) in [7, 11) is 0. The van der Waals surface area contributed by atoms with Crippen molar-refractivity contribution in [2.24, 2.45) is 0 Å². The molecule has 0 unspecified atom stereocenters.